The average molecular weight is 505 g/mol. The highest BCUT2D eigenvalue weighted by atomic mass is 19.4. The summed E-state index contributed by atoms with van der Waals surface area (Å²) in [7, 11) is 1.86. The zero-order valence-electron chi connectivity index (χ0n) is 20.5. The number of carboxylic acids is 1. The second-order valence-corrected chi connectivity index (χ2v) is 8.34. The van der Waals surface area contributed by atoms with Crippen LogP contribution in [-0.2, 0) is 40.8 Å². The van der Waals surface area contributed by atoms with E-state index in [4.69, 9.17) is 19.4 Å². The largest absolute Gasteiger partial charge is 0.490 e. The minimum atomic E-state index is -5.08. The molecule has 196 valence electrons. The van der Waals surface area contributed by atoms with Crippen molar-refractivity contribution in [1.82, 2.24) is 20.1 Å². The number of aromatic nitrogens is 3. The van der Waals surface area contributed by atoms with Gasteiger partial charge >= 0.3 is 24.1 Å². The van der Waals surface area contributed by atoms with E-state index >= 15 is 0 Å². The predicted octanol–water partition coefficient (Wildman–Crippen LogP) is 3.37. The summed E-state index contributed by atoms with van der Waals surface area (Å²) in [5, 5.41) is 14.5. The van der Waals surface area contributed by atoms with Gasteiger partial charge in [-0.15, -0.1) is 0 Å². The van der Waals surface area contributed by atoms with Crippen LogP contribution in [0.3, 0.4) is 0 Å². The van der Waals surface area contributed by atoms with Crippen LogP contribution in [0.5, 0.6) is 0 Å². The summed E-state index contributed by atoms with van der Waals surface area (Å²) < 4.78 is 44.2. The highest BCUT2D eigenvalue weighted by Gasteiger charge is 2.38. The van der Waals surface area contributed by atoms with E-state index in [1.807, 2.05) is 40.9 Å². The van der Waals surface area contributed by atoms with E-state index in [0.29, 0.717) is 42.0 Å². The lowest BCUT2D eigenvalue weighted by atomic mass is 10.1. The van der Waals surface area contributed by atoms with Gasteiger partial charge in [-0.25, -0.2) is 14.4 Å². The molecule has 10 nitrogen and oxygen atoms in total. The van der Waals surface area contributed by atoms with Crippen LogP contribution in [0.15, 0.2) is 12.4 Å². The molecule has 3 N–H and O–H groups in total. The minimum Gasteiger partial charge on any atom is -0.475 e. The molecule has 2 aromatic rings. The molecule has 0 saturated heterocycles. The van der Waals surface area contributed by atoms with Crippen LogP contribution >= 0.6 is 0 Å². The predicted molar refractivity (Wildman–Crippen MR) is 119 cm³/mol. The van der Waals surface area contributed by atoms with Crippen LogP contribution < -0.4 is 5.32 Å². The number of halogens is 3. The Morgan fingerprint density at radius 2 is 1.74 bits per heavy atom. The first kappa shape index (κ1) is 29.7. The van der Waals surface area contributed by atoms with E-state index < -0.39 is 29.7 Å². The second-order valence-electron chi connectivity index (χ2n) is 8.34. The molecule has 0 saturated carbocycles. The minimum absolute atomic E-state index is 0.261. The van der Waals surface area contributed by atoms with Crippen molar-refractivity contribution in [3.05, 3.63) is 40.5 Å². The molecule has 2 heterocycles. The van der Waals surface area contributed by atoms with E-state index in [9.17, 15) is 22.8 Å². The molecular formula is C22H31F3N4O6. The Kier molecular flexibility index (Phi) is 10.5. The number of H-pyrrole nitrogens is 1. The molecule has 0 spiro atoms. The summed E-state index contributed by atoms with van der Waals surface area (Å²) in [5.41, 5.74) is 2.33. The fourth-order valence-corrected chi connectivity index (χ4v) is 2.93. The van der Waals surface area contributed by atoms with Crippen molar-refractivity contribution in [2.45, 2.75) is 65.9 Å². The van der Waals surface area contributed by atoms with E-state index in [2.05, 4.69) is 15.4 Å². The van der Waals surface area contributed by atoms with Crippen molar-refractivity contribution in [3.8, 4) is 0 Å². The number of aliphatic carboxylic acids is 1. The molecule has 0 radical (unpaired) electrons. The molecule has 0 bridgehead atoms. The summed E-state index contributed by atoms with van der Waals surface area (Å²) in [5.74, 6) is -3.68. The van der Waals surface area contributed by atoms with Crippen LogP contribution in [0.1, 0.15) is 72.3 Å². The third kappa shape index (κ3) is 9.43. The number of hydrogen-bond acceptors (Lipinski definition) is 7. The molecule has 0 atom stereocenters. The lowest BCUT2D eigenvalue weighted by molar-refractivity contribution is -0.192. The van der Waals surface area contributed by atoms with Crippen LogP contribution in [0.2, 0.25) is 0 Å². The summed E-state index contributed by atoms with van der Waals surface area (Å²) in [6.45, 7) is 10.3. The Hall–Kier alpha value is -3.35. The maximum absolute atomic E-state index is 12.6. The molecule has 0 amide bonds. The molecule has 2 aromatic heterocycles. The fourth-order valence-electron chi connectivity index (χ4n) is 2.93. The Labute approximate surface area is 200 Å². The molecule has 0 unspecified atom stereocenters. The maximum atomic E-state index is 12.6. The number of carboxylic acid groups (broad SMARTS) is 1. The van der Waals surface area contributed by atoms with Gasteiger partial charge in [0.15, 0.2) is 0 Å². The van der Waals surface area contributed by atoms with Gasteiger partial charge < -0.3 is 24.9 Å². The normalized spacial score (nSPS) is 11.5. The third-order valence-electron chi connectivity index (χ3n) is 4.25. The third-order valence-corrected chi connectivity index (χ3v) is 4.25. The molecular weight excluding hydrogens is 473 g/mol. The second kappa shape index (κ2) is 12.4. The van der Waals surface area contributed by atoms with Crippen molar-refractivity contribution in [3.63, 3.8) is 0 Å². The Morgan fingerprint density at radius 3 is 2.17 bits per heavy atom. The van der Waals surface area contributed by atoms with Crippen molar-refractivity contribution >= 4 is 17.9 Å². The number of carbonyl (C=O) groups excluding carboxylic acids is 2. The first-order valence-corrected chi connectivity index (χ1v) is 10.7. The Morgan fingerprint density at radius 1 is 1.14 bits per heavy atom. The zero-order chi connectivity index (χ0) is 27.0. The quantitative estimate of drug-likeness (QED) is 0.466. The maximum Gasteiger partial charge on any atom is 0.490 e. The Bertz CT molecular complexity index is 1020. The summed E-state index contributed by atoms with van der Waals surface area (Å²) in [6.07, 6.45) is -0.892. The Balaban J connectivity index is 0.000000762. The van der Waals surface area contributed by atoms with Gasteiger partial charge in [-0.2, -0.15) is 18.3 Å². The molecule has 13 heteroatoms. The summed E-state index contributed by atoms with van der Waals surface area (Å²) in [6, 6.07) is 0. The average Bonchev–Trinajstić information content (AvgIpc) is 3.30. The van der Waals surface area contributed by atoms with Gasteiger partial charge in [-0.1, -0.05) is 6.92 Å². The van der Waals surface area contributed by atoms with E-state index in [1.165, 1.54) is 0 Å². The smallest absolute Gasteiger partial charge is 0.475 e. The van der Waals surface area contributed by atoms with Crippen molar-refractivity contribution < 1.29 is 42.1 Å². The highest BCUT2D eigenvalue weighted by molar-refractivity contribution is 5.99. The van der Waals surface area contributed by atoms with Gasteiger partial charge in [0, 0.05) is 37.6 Å². The number of aryl methyl sites for hydroxylation is 1. The van der Waals surface area contributed by atoms with E-state index in [0.717, 1.165) is 5.56 Å². The van der Waals surface area contributed by atoms with Crippen LogP contribution in [0, 0.1) is 0 Å². The lowest BCUT2D eigenvalue weighted by Gasteiger charge is -2.19. The van der Waals surface area contributed by atoms with Gasteiger partial charge in [0.1, 0.15) is 11.3 Å². The van der Waals surface area contributed by atoms with Crippen molar-refractivity contribution in [2.24, 2.45) is 7.05 Å². The van der Waals surface area contributed by atoms with Gasteiger partial charge in [0.25, 0.3) is 0 Å². The molecule has 0 aromatic carbocycles. The molecule has 0 fully saturated rings. The number of ether oxygens (including phenoxy) is 2. The van der Waals surface area contributed by atoms with Gasteiger partial charge in [0.2, 0.25) is 0 Å². The monoisotopic (exact) mass is 504 g/mol. The van der Waals surface area contributed by atoms with Gasteiger partial charge in [-0.05, 0) is 39.7 Å². The number of nitrogens with zero attached hydrogens (tertiary/aromatic N) is 2. The topological polar surface area (TPSA) is 136 Å². The van der Waals surface area contributed by atoms with Crippen LogP contribution in [-0.4, -0.2) is 56.2 Å². The van der Waals surface area contributed by atoms with Crippen molar-refractivity contribution in [1.29, 1.82) is 0 Å². The molecule has 2 rings (SSSR count). The lowest BCUT2D eigenvalue weighted by Crippen LogP contribution is -2.24. The zero-order valence-corrected chi connectivity index (χ0v) is 20.5. The highest BCUT2D eigenvalue weighted by Crippen LogP contribution is 2.24. The van der Waals surface area contributed by atoms with Gasteiger partial charge in [-0.3, -0.25) is 4.68 Å². The molecule has 0 aliphatic carbocycles. The number of nitrogens with one attached hydrogen (secondary N) is 2. The number of esters is 2. The van der Waals surface area contributed by atoms with Gasteiger partial charge in [0.05, 0.1) is 18.4 Å². The van der Waals surface area contributed by atoms with Crippen LogP contribution in [0.4, 0.5) is 13.2 Å². The molecule has 0 aliphatic rings. The molecule has 0 aliphatic heterocycles. The standard InChI is InChI=1S/C20H30N4O4.C2HF3O2/c1-7-14-16(18(25)27-8-2)15(11-21-9-13-10-22-24(6)12-13)23-17(14)19(26)28-20(3,4)5;3-2(4,5)1(6)7/h10,12,21,23H,7-9,11H2,1-6H3;(H,6,7). The first-order chi connectivity index (χ1) is 16.1. The number of carbonyl (C=O) groups is 3. The van der Waals surface area contributed by atoms with Crippen molar-refractivity contribution in [2.75, 3.05) is 6.61 Å². The number of hydrogen-bond donors (Lipinski definition) is 3. The first-order valence-electron chi connectivity index (χ1n) is 10.7. The number of aromatic amines is 1. The summed E-state index contributed by atoms with van der Waals surface area (Å²) >= 11 is 0. The number of alkyl halides is 3. The SMILES string of the molecule is CCOC(=O)c1c(CNCc2cnn(C)c2)[nH]c(C(=O)OC(C)(C)C)c1CC.O=C(O)C(F)(F)F. The summed E-state index contributed by atoms with van der Waals surface area (Å²) in [4.78, 5) is 37.2. The van der Waals surface area contributed by atoms with Crippen LogP contribution in [0.25, 0.3) is 0 Å². The molecule has 35 heavy (non-hydrogen) atoms. The fraction of sp³-hybridized carbons (Fsp3) is 0.545. The van der Waals surface area contributed by atoms with E-state index in [1.54, 1.807) is 17.8 Å². The number of rotatable bonds is 8. The van der Waals surface area contributed by atoms with E-state index in [-0.39, 0.29) is 6.61 Å².